The van der Waals surface area contributed by atoms with E-state index in [4.69, 9.17) is 13.9 Å². The summed E-state index contributed by atoms with van der Waals surface area (Å²) in [7, 11) is 3.52. The molecule has 3 rings (SSSR count). The number of carbonyl (C=O) groups is 1. The Balaban J connectivity index is 1.43. The molecule has 0 atom stereocenters. The molecular formula is C19H21N3O4S. The van der Waals surface area contributed by atoms with E-state index in [2.05, 4.69) is 10.3 Å². The van der Waals surface area contributed by atoms with Crippen LogP contribution in [0.3, 0.4) is 0 Å². The van der Waals surface area contributed by atoms with Crippen LogP contribution >= 0.6 is 11.8 Å². The van der Waals surface area contributed by atoms with Crippen LogP contribution < -0.4 is 14.8 Å². The Hall–Kier alpha value is -2.87. The first-order valence-corrected chi connectivity index (χ1v) is 9.39. The number of rotatable bonds is 9. The largest absolute Gasteiger partial charge is 0.493 e. The summed E-state index contributed by atoms with van der Waals surface area (Å²) in [6, 6.07) is 10.8. The van der Waals surface area contributed by atoms with Crippen molar-refractivity contribution in [2.24, 2.45) is 7.05 Å². The number of hydrogen-bond acceptors (Lipinski definition) is 6. The van der Waals surface area contributed by atoms with Crippen molar-refractivity contribution in [2.75, 3.05) is 20.3 Å². The number of aryl methyl sites for hydroxylation is 1. The first kappa shape index (κ1) is 18.9. The van der Waals surface area contributed by atoms with Gasteiger partial charge in [-0.05, 0) is 24.3 Å². The van der Waals surface area contributed by atoms with Crippen molar-refractivity contribution in [3.63, 3.8) is 0 Å². The lowest BCUT2D eigenvalue weighted by Gasteiger charge is -2.10. The number of amides is 1. The molecule has 142 valence electrons. The van der Waals surface area contributed by atoms with Gasteiger partial charge >= 0.3 is 0 Å². The second kappa shape index (κ2) is 9.18. The molecule has 0 saturated heterocycles. The van der Waals surface area contributed by atoms with Crippen LogP contribution in [0.25, 0.3) is 0 Å². The van der Waals surface area contributed by atoms with Gasteiger partial charge in [0.1, 0.15) is 12.4 Å². The summed E-state index contributed by atoms with van der Waals surface area (Å²) in [4.78, 5) is 16.4. The van der Waals surface area contributed by atoms with Crippen LogP contribution in [0.1, 0.15) is 16.3 Å². The lowest BCUT2D eigenvalue weighted by molar-refractivity contribution is 0.0917. The molecule has 1 amide bonds. The highest BCUT2D eigenvalue weighted by atomic mass is 32.2. The van der Waals surface area contributed by atoms with E-state index >= 15 is 0 Å². The van der Waals surface area contributed by atoms with Gasteiger partial charge in [-0.25, -0.2) is 4.98 Å². The van der Waals surface area contributed by atoms with Crippen LogP contribution in [0, 0.1) is 0 Å². The van der Waals surface area contributed by atoms with E-state index in [1.54, 1.807) is 37.2 Å². The molecule has 0 saturated carbocycles. The molecule has 8 heteroatoms. The van der Waals surface area contributed by atoms with E-state index in [1.807, 2.05) is 42.1 Å². The number of methoxy groups -OCH3 is 1. The van der Waals surface area contributed by atoms with Crippen molar-refractivity contribution in [2.45, 2.75) is 10.9 Å². The molecule has 7 nitrogen and oxygen atoms in total. The van der Waals surface area contributed by atoms with E-state index in [0.717, 1.165) is 10.9 Å². The quantitative estimate of drug-likeness (QED) is 0.449. The van der Waals surface area contributed by atoms with Gasteiger partial charge in [-0.2, -0.15) is 0 Å². The van der Waals surface area contributed by atoms with Gasteiger partial charge in [-0.3, -0.25) is 4.79 Å². The molecular weight excluding hydrogens is 366 g/mol. The van der Waals surface area contributed by atoms with E-state index in [1.165, 1.54) is 0 Å². The van der Waals surface area contributed by atoms with Crippen LogP contribution in [0.5, 0.6) is 11.5 Å². The Labute approximate surface area is 161 Å². The maximum absolute atomic E-state index is 12.2. The average molecular weight is 387 g/mol. The minimum absolute atomic E-state index is 0.271. The second-order valence-corrected chi connectivity index (χ2v) is 6.57. The molecule has 0 fully saturated rings. The number of thioether (sulfide) groups is 1. The van der Waals surface area contributed by atoms with Gasteiger partial charge in [0.25, 0.3) is 5.91 Å². The zero-order valence-electron chi connectivity index (χ0n) is 15.2. The highest BCUT2D eigenvalue weighted by Crippen LogP contribution is 2.25. The lowest BCUT2D eigenvalue weighted by atomic mass is 10.3. The summed E-state index contributed by atoms with van der Waals surface area (Å²) in [5.41, 5.74) is 0. The Morgan fingerprint density at radius 2 is 2.07 bits per heavy atom. The van der Waals surface area contributed by atoms with Gasteiger partial charge in [0.05, 0.1) is 19.4 Å². The normalized spacial score (nSPS) is 10.6. The van der Waals surface area contributed by atoms with Crippen molar-refractivity contribution in [1.82, 2.24) is 14.9 Å². The number of nitrogens with one attached hydrogen (secondary N) is 1. The number of hydrogen-bond donors (Lipinski definition) is 1. The first-order chi connectivity index (χ1) is 13.2. The SMILES string of the molecule is COc1ccccc1OCCNC(=O)c1ccc(CSc2nccn2C)o1. The Kier molecular flexibility index (Phi) is 6.43. The number of carbonyl (C=O) groups excluding carboxylic acids is 1. The summed E-state index contributed by atoms with van der Waals surface area (Å²) in [6.45, 7) is 0.684. The van der Waals surface area contributed by atoms with Gasteiger partial charge in [0.2, 0.25) is 0 Å². The third-order valence-corrected chi connectivity index (χ3v) is 4.80. The zero-order valence-corrected chi connectivity index (χ0v) is 16.0. The maximum Gasteiger partial charge on any atom is 0.287 e. The number of nitrogens with zero attached hydrogens (tertiary/aromatic N) is 2. The van der Waals surface area contributed by atoms with Gasteiger partial charge in [0, 0.05) is 19.4 Å². The van der Waals surface area contributed by atoms with E-state index in [9.17, 15) is 4.79 Å². The van der Waals surface area contributed by atoms with Gasteiger partial charge < -0.3 is 23.8 Å². The van der Waals surface area contributed by atoms with E-state index in [0.29, 0.717) is 30.4 Å². The van der Waals surface area contributed by atoms with Crippen molar-refractivity contribution >= 4 is 17.7 Å². The van der Waals surface area contributed by atoms with Gasteiger partial charge in [-0.1, -0.05) is 23.9 Å². The highest BCUT2D eigenvalue weighted by molar-refractivity contribution is 7.98. The van der Waals surface area contributed by atoms with E-state index < -0.39 is 0 Å². The lowest BCUT2D eigenvalue weighted by Crippen LogP contribution is -2.27. The predicted octanol–water partition coefficient (Wildman–Crippen LogP) is 3.12. The Bertz CT molecular complexity index is 890. The topological polar surface area (TPSA) is 78.5 Å². The molecule has 0 radical (unpaired) electrons. The fraction of sp³-hybridized carbons (Fsp3) is 0.263. The molecule has 0 aliphatic carbocycles. The van der Waals surface area contributed by atoms with Crippen molar-refractivity contribution < 1.29 is 18.7 Å². The summed E-state index contributed by atoms with van der Waals surface area (Å²) < 4.78 is 18.4. The van der Waals surface area contributed by atoms with Crippen LogP contribution in [0.15, 0.2) is 58.4 Å². The Morgan fingerprint density at radius 1 is 1.26 bits per heavy atom. The molecule has 0 bridgehead atoms. The fourth-order valence-electron chi connectivity index (χ4n) is 2.35. The molecule has 3 aromatic rings. The molecule has 1 aromatic carbocycles. The average Bonchev–Trinajstić information content (AvgIpc) is 3.32. The summed E-state index contributed by atoms with van der Waals surface area (Å²) in [5, 5.41) is 3.67. The summed E-state index contributed by atoms with van der Waals surface area (Å²) in [6.07, 6.45) is 3.63. The monoisotopic (exact) mass is 387 g/mol. The third kappa shape index (κ3) is 5.07. The smallest absolute Gasteiger partial charge is 0.287 e. The maximum atomic E-state index is 12.2. The van der Waals surface area contributed by atoms with Crippen molar-refractivity contribution in [3.05, 3.63) is 60.3 Å². The summed E-state index contributed by atoms with van der Waals surface area (Å²) >= 11 is 1.55. The summed E-state index contributed by atoms with van der Waals surface area (Å²) in [5.74, 6) is 2.63. The number of benzene rings is 1. The van der Waals surface area contributed by atoms with Crippen LogP contribution in [-0.2, 0) is 12.8 Å². The molecule has 0 aliphatic rings. The highest BCUT2D eigenvalue weighted by Gasteiger charge is 2.12. The number of furan rings is 1. The van der Waals surface area contributed by atoms with Crippen molar-refractivity contribution in [1.29, 1.82) is 0 Å². The number of aromatic nitrogens is 2. The zero-order chi connectivity index (χ0) is 19.1. The van der Waals surface area contributed by atoms with Crippen LogP contribution in [0.2, 0.25) is 0 Å². The molecule has 0 unspecified atom stereocenters. The standard InChI is InChI=1S/C19H21N3O4S/c1-22-11-9-21-19(22)27-13-14-7-8-17(26-14)18(23)20-10-12-25-16-6-4-3-5-15(16)24-2/h3-9,11H,10,12-13H2,1-2H3,(H,20,23). The van der Waals surface area contributed by atoms with Crippen LogP contribution in [-0.4, -0.2) is 35.7 Å². The molecule has 0 spiro atoms. The van der Waals surface area contributed by atoms with Crippen molar-refractivity contribution in [3.8, 4) is 11.5 Å². The molecule has 2 heterocycles. The van der Waals surface area contributed by atoms with Gasteiger partial charge in [-0.15, -0.1) is 0 Å². The minimum Gasteiger partial charge on any atom is -0.493 e. The molecule has 0 aliphatic heterocycles. The third-order valence-electron chi connectivity index (χ3n) is 3.72. The number of imidazole rings is 1. The minimum atomic E-state index is -0.271. The van der Waals surface area contributed by atoms with Crippen LogP contribution in [0.4, 0.5) is 0 Å². The molecule has 1 N–H and O–H groups in total. The predicted molar refractivity (Wildman–Crippen MR) is 102 cm³/mol. The number of ether oxygens (including phenoxy) is 2. The Morgan fingerprint density at radius 3 is 2.81 bits per heavy atom. The van der Waals surface area contributed by atoms with Gasteiger partial charge in [0.15, 0.2) is 22.4 Å². The molecule has 2 aromatic heterocycles. The number of para-hydroxylation sites is 2. The second-order valence-electron chi connectivity index (χ2n) is 5.63. The fourth-order valence-corrected chi connectivity index (χ4v) is 3.18. The first-order valence-electron chi connectivity index (χ1n) is 8.40. The van der Waals surface area contributed by atoms with E-state index in [-0.39, 0.29) is 11.7 Å². The molecule has 27 heavy (non-hydrogen) atoms.